The summed E-state index contributed by atoms with van der Waals surface area (Å²) >= 11 is 0. The normalized spacial score (nSPS) is 21.2. The van der Waals surface area contributed by atoms with E-state index in [0.29, 0.717) is 32.1 Å². The topological polar surface area (TPSA) is 52.7 Å². The summed E-state index contributed by atoms with van der Waals surface area (Å²) in [6, 6.07) is 0. The molecule has 0 radical (unpaired) electrons. The minimum absolute atomic E-state index is 0. The second kappa shape index (κ2) is 7.27. The number of amides is 2. The van der Waals surface area contributed by atoms with Crippen molar-refractivity contribution in [2.45, 2.75) is 20.8 Å². The van der Waals surface area contributed by atoms with Crippen molar-refractivity contribution >= 4 is 24.2 Å². The molecule has 2 heterocycles. The summed E-state index contributed by atoms with van der Waals surface area (Å²) in [5.74, 6) is 1.09. The third kappa shape index (κ3) is 3.64. The van der Waals surface area contributed by atoms with Crippen LogP contribution in [0.15, 0.2) is 0 Å². The highest BCUT2D eigenvalue weighted by Crippen LogP contribution is 2.19. The first-order valence-corrected chi connectivity index (χ1v) is 7.29. The Balaban J connectivity index is 0.00000200. The van der Waals surface area contributed by atoms with Gasteiger partial charge < -0.3 is 15.1 Å². The Morgan fingerprint density at radius 3 is 1.75 bits per heavy atom. The maximum Gasteiger partial charge on any atom is 0.225 e. The summed E-state index contributed by atoms with van der Waals surface area (Å²) in [4.78, 5) is 28.0. The average molecular weight is 304 g/mol. The molecule has 6 heteroatoms. The summed E-state index contributed by atoms with van der Waals surface area (Å²) in [5.41, 5.74) is 0. The van der Waals surface area contributed by atoms with Crippen LogP contribution in [0.3, 0.4) is 0 Å². The van der Waals surface area contributed by atoms with E-state index in [1.165, 1.54) is 0 Å². The molecule has 116 valence electrons. The predicted molar refractivity (Wildman–Crippen MR) is 80.8 cm³/mol. The van der Waals surface area contributed by atoms with Gasteiger partial charge in [-0.2, -0.15) is 0 Å². The third-order valence-corrected chi connectivity index (χ3v) is 4.31. The van der Waals surface area contributed by atoms with E-state index in [1.807, 2.05) is 30.6 Å². The van der Waals surface area contributed by atoms with Gasteiger partial charge in [0.2, 0.25) is 11.8 Å². The molecule has 2 saturated heterocycles. The predicted octanol–water partition coefficient (Wildman–Crippen LogP) is 0.591. The zero-order chi connectivity index (χ0) is 14.0. The van der Waals surface area contributed by atoms with Crippen molar-refractivity contribution in [3.05, 3.63) is 0 Å². The molecule has 20 heavy (non-hydrogen) atoms. The van der Waals surface area contributed by atoms with Gasteiger partial charge in [0, 0.05) is 38.0 Å². The van der Waals surface area contributed by atoms with E-state index >= 15 is 0 Å². The van der Waals surface area contributed by atoms with Crippen LogP contribution in [0.2, 0.25) is 0 Å². The molecule has 1 unspecified atom stereocenters. The molecule has 0 aliphatic carbocycles. The molecule has 1 N–H and O–H groups in total. The van der Waals surface area contributed by atoms with Crippen LogP contribution in [0, 0.1) is 17.8 Å². The number of halogens is 1. The standard InChI is InChI=1S/C14H25N3O2.ClH/c1-10(2)13(18)16-4-6-17(7-5-16)14(19)11(3)12-8-15-9-12;/h10-12,15H,4-9H2,1-3H3;1H. The quantitative estimate of drug-likeness (QED) is 0.830. The van der Waals surface area contributed by atoms with E-state index < -0.39 is 0 Å². The molecular formula is C14H26ClN3O2. The van der Waals surface area contributed by atoms with Gasteiger partial charge in [-0.1, -0.05) is 20.8 Å². The van der Waals surface area contributed by atoms with Crippen LogP contribution in [-0.4, -0.2) is 60.9 Å². The Labute approximate surface area is 127 Å². The molecule has 2 aliphatic heterocycles. The van der Waals surface area contributed by atoms with Crippen molar-refractivity contribution in [2.24, 2.45) is 17.8 Å². The Bertz CT molecular complexity index is 350. The Morgan fingerprint density at radius 1 is 0.950 bits per heavy atom. The van der Waals surface area contributed by atoms with Gasteiger partial charge in [-0.3, -0.25) is 9.59 Å². The fraction of sp³-hybridized carbons (Fsp3) is 0.857. The van der Waals surface area contributed by atoms with Gasteiger partial charge in [0.1, 0.15) is 0 Å². The Kier molecular flexibility index (Phi) is 6.27. The largest absolute Gasteiger partial charge is 0.339 e. The van der Waals surface area contributed by atoms with Gasteiger partial charge in [-0.05, 0) is 19.0 Å². The number of nitrogens with zero attached hydrogens (tertiary/aromatic N) is 2. The molecule has 5 nitrogen and oxygen atoms in total. The third-order valence-electron chi connectivity index (χ3n) is 4.31. The number of rotatable bonds is 3. The highest BCUT2D eigenvalue weighted by Gasteiger charge is 2.33. The molecule has 0 aromatic heterocycles. The molecule has 2 rings (SSSR count). The van der Waals surface area contributed by atoms with Gasteiger partial charge in [-0.25, -0.2) is 0 Å². The molecule has 2 fully saturated rings. The van der Waals surface area contributed by atoms with Gasteiger partial charge in [-0.15, -0.1) is 12.4 Å². The molecule has 2 aliphatic rings. The SMILES string of the molecule is CC(C)C(=O)N1CCN(C(=O)C(C)C2CNC2)CC1.Cl. The average Bonchev–Trinajstić information content (AvgIpc) is 2.35. The number of carbonyl (C=O) groups excluding carboxylic acids is 2. The smallest absolute Gasteiger partial charge is 0.225 e. The first-order chi connectivity index (χ1) is 9.00. The fourth-order valence-electron chi connectivity index (χ4n) is 2.67. The van der Waals surface area contributed by atoms with Crippen LogP contribution in [0.4, 0.5) is 0 Å². The minimum Gasteiger partial charge on any atom is -0.339 e. The number of hydrogen-bond acceptors (Lipinski definition) is 3. The lowest BCUT2D eigenvalue weighted by Gasteiger charge is -2.39. The maximum atomic E-state index is 12.3. The molecular weight excluding hydrogens is 278 g/mol. The van der Waals surface area contributed by atoms with Crippen molar-refractivity contribution in [1.29, 1.82) is 0 Å². The monoisotopic (exact) mass is 303 g/mol. The van der Waals surface area contributed by atoms with Crippen molar-refractivity contribution in [3.8, 4) is 0 Å². The highest BCUT2D eigenvalue weighted by molar-refractivity contribution is 5.85. The van der Waals surface area contributed by atoms with E-state index in [0.717, 1.165) is 13.1 Å². The van der Waals surface area contributed by atoms with Gasteiger partial charge >= 0.3 is 0 Å². The number of nitrogens with one attached hydrogen (secondary N) is 1. The fourth-order valence-corrected chi connectivity index (χ4v) is 2.67. The number of carbonyl (C=O) groups is 2. The number of hydrogen-bond donors (Lipinski definition) is 1. The molecule has 0 aromatic carbocycles. The zero-order valence-electron chi connectivity index (χ0n) is 12.6. The second-order valence-corrected chi connectivity index (χ2v) is 6.01. The van der Waals surface area contributed by atoms with Crippen LogP contribution in [0.25, 0.3) is 0 Å². The van der Waals surface area contributed by atoms with E-state index in [1.54, 1.807) is 0 Å². The summed E-state index contributed by atoms with van der Waals surface area (Å²) in [5, 5.41) is 3.21. The maximum absolute atomic E-state index is 12.3. The lowest BCUT2D eigenvalue weighted by atomic mass is 9.88. The minimum atomic E-state index is 0. The number of piperazine rings is 1. The zero-order valence-corrected chi connectivity index (χ0v) is 13.4. The van der Waals surface area contributed by atoms with Crippen molar-refractivity contribution in [1.82, 2.24) is 15.1 Å². The molecule has 2 amide bonds. The molecule has 0 bridgehead atoms. The lowest BCUT2D eigenvalue weighted by molar-refractivity contribution is -0.144. The van der Waals surface area contributed by atoms with Crippen molar-refractivity contribution < 1.29 is 9.59 Å². The van der Waals surface area contributed by atoms with Gasteiger partial charge in [0.05, 0.1) is 0 Å². The van der Waals surface area contributed by atoms with Gasteiger partial charge in [0.15, 0.2) is 0 Å². The summed E-state index contributed by atoms with van der Waals surface area (Å²) < 4.78 is 0. The molecule has 0 spiro atoms. The molecule has 0 aromatic rings. The summed E-state index contributed by atoms with van der Waals surface area (Å²) in [6.07, 6.45) is 0. The van der Waals surface area contributed by atoms with Crippen LogP contribution in [0.1, 0.15) is 20.8 Å². The van der Waals surface area contributed by atoms with Crippen LogP contribution >= 0.6 is 12.4 Å². The van der Waals surface area contributed by atoms with Crippen molar-refractivity contribution in [2.75, 3.05) is 39.3 Å². The Morgan fingerprint density at radius 2 is 1.40 bits per heavy atom. The van der Waals surface area contributed by atoms with Crippen LogP contribution in [0.5, 0.6) is 0 Å². The summed E-state index contributed by atoms with van der Waals surface area (Å²) in [7, 11) is 0. The van der Waals surface area contributed by atoms with Crippen molar-refractivity contribution in [3.63, 3.8) is 0 Å². The van der Waals surface area contributed by atoms with E-state index in [2.05, 4.69) is 5.32 Å². The van der Waals surface area contributed by atoms with Crippen LogP contribution < -0.4 is 5.32 Å². The Hall–Kier alpha value is -0.810. The first-order valence-electron chi connectivity index (χ1n) is 7.29. The van der Waals surface area contributed by atoms with E-state index in [9.17, 15) is 9.59 Å². The second-order valence-electron chi connectivity index (χ2n) is 6.01. The molecule has 0 saturated carbocycles. The summed E-state index contributed by atoms with van der Waals surface area (Å²) in [6.45, 7) is 10.5. The van der Waals surface area contributed by atoms with Gasteiger partial charge in [0.25, 0.3) is 0 Å². The lowest BCUT2D eigenvalue weighted by Crippen LogP contribution is -2.55. The highest BCUT2D eigenvalue weighted by atomic mass is 35.5. The van der Waals surface area contributed by atoms with E-state index in [-0.39, 0.29) is 36.1 Å². The first kappa shape index (κ1) is 17.2. The van der Waals surface area contributed by atoms with Crippen LogP contribution in [-0.2, 0) is 9.59 Å². The van der Waals surface area contributed by atoms with E-state index in [4.69, 9.17) is 0 Å². The molecule has 1 atom stereocenters.